The minimum absolute atomic E-state index is 0.284. The number of aliphatic hydroxyl groups is 1. The maximum atomic E-state index is 13.2. The second-order valence-electron chi connectivity index (χ2n) is 3.29. The zero-order valence-electron chi connectivity index (χ0n) is 8.78. The van der Waals surface area contributed by atoms with Crippen molar-refractivity contribution in [3.05, 3.63) is 35.1 Å². The molecule has 1 aromatic carbocycles. The molecule has 1 amide bonds. The van der Waals surface area contributed by atoms with E-state index >= 15 is 0 Å². The molecule has 1 rings (SSSR count). The van der Waals surface area contributed by atoms with E-state index in [1.165, 1.54) is 0 Å². The minimum atomic E-state index is -1.71. The average Bonchev–Trinajstić information content (AvgIpc) is 2.23. The van der Waals surface area contributed by atoms with Crippen LogP contribution < -0.4 is 5.32 Å². The number of carboxylic acid groups (broad SMARTS) is 1. The van der Waals surface area contributed by atoms with Crippen LogP contribution in [0.3, 0.4) is 0 Å². The molecule has 8 heteroatoms. The van der Waals surface area contributed by atoms with Gasteiger partial charge in [-0.25, -0.2) is 18.0 Å². The number of aliphatic hydroxyl groups excluding tert-OH is 1. The van der Waals surface area contributed by atoms with Gasteiger partial charge in [-0.1, -0.05) is 0 Å². The van der Waals surface area contributed by atoms with Crippen molar-refractivity contribution < 1.29 is 33.0 Å². The van der Waals surface area contributed by atoms with Crippen molar-refractivity contribution in [2.75, 3.05) is 6.61 Å². The molecule has 0 radical (unpaired) electrons. The average molecular weight is 263 g/mol. The topological polar surface area (TPSA) is 86.6 Å². The van der Waals surface area contributed by atoms with Crippen molar-refractivity contribution in [2.45, 2.75) is 6.04 Å². The van der Waals surface area contributed by atoms with Gasteiger partial charge in [0, 0.05) is 12.1 Å². The third kappa shape index (κ3) is 2.98. The van der Waals surface area contributed by atoms with Crippen LogP contribution in [-0.4, -0.2) is 34.7 Å². The molecule has 0 aliphatic rings. The van der Waals surface area contributed by atoms with E-state index in [0.29, 0.717) is 0 Å². The summed E-state index contributed by atoms with van der Waals surface area (Å²) < 4.78 is 38.9. The highest BCUT2D eigenvalue weighted by Crippen LogP contribution is 2.14. The molecule has 0 saturated heterocycles. The predicted molar refractivity (Wildman–Crippen MR) is 52.3 cm³/mol. The fourth-order valence-electron chi connectivity index (χ4n) is 1.18. The summed E-state index contributed by atoms with van der Waals surface area (Å²) in [5, 5.41) is 18.9. The molecular weight excluding hydrogens is 255 g/mol. The lowest BCUT2D eigenvalue weighted by Gasteiger charge is -2.12. The van der Waals surface area contributed by atoms with Crippen LogP contribution in [-0.2, 0) is 4.79 Å². The van der Waals surface area contributed by atoms with E-state index in [1.807, 2.05) is 0 Å². The SMILES string of the molecule is O=C(N[C@H](CO)C(=O)O)c1c(F)cc(F)cc1F. The Labute approximate surface area is 98.8 Å². The largest absolute Gasteiger partial charge is 0.480 e. The quantitative estimate of drug-likeness (QED) is 0.728. The van der Waals surface area contributed by atoms with E-state index < -0.39 is 47.5 Å². The van der Waals surface area contributed by atoms with Gasteiger partial charge in [0.1, 0.15) is 23.0 Å². The summed E-state index contributed by atoms with van der Waals surface area (Å²) in [5.41, 5.74) is -1.11. The Balaban J connectivity index is 3.01. The van der Waals surface area contributed by atoms with Crippen molar-refractivity contribution in [1.29, 1.82) is 0 Å². The summed E-state index contributed by atoms with van der Waals surface area (Å²) in [4.78, 5) is 21.9. The van der Waals surface area contributed by atoms with Crippen LogP contribution in [0.5, 0.6) is 0 Å². The van der Waals surface area contributed by atoms with Crippen LogP contribution in [0.1, 0.15) is 10.4 Å². The van der Waals surface area contributed by atoms with Gasteiger partial charge in [0.05, 0.1) is 6.61 Å². The maximum absolute atomic E-state index is 13.2. The van der Waals surface area contributed by atoms with Crippen LogP contribution >= 0.6 is 0 Å². The fourth-order valence-corrected chi connectivity index (χ4v) is 1.18. The molecule has 1 aromatic rings. The monoisotopic (exact) mass is 263 g/mol. The number of carbonyl (C=O) groups is 2. The van der Waals surface area contributed by atoms with Gasteiger partial charge >= 0.3 is 5.97 Å². The Hall–Kier alpha value is -2.09. The first-order chi connectivity index (χ1) is 8.36. The number of rotatable bonds is 4. The molecule has 98 valence electrons. The Bertz CT molecular complexity index is 469. The van der Waals surface area contributed by atoms with Gasteiger partial charge in [-0.15, -0.1) is 0 Å². The zero-order valence-corrected chi connectivity index (χ0v) is 8.78. The fraction of sp³-hybridized carbons (Fsp3) is 0.200. The summed E-state index contributed by atoms with van der Waals surface area (Å²) in [6.45, 7) is -0.953. The van der Waals surface area contributed by atoms with Crippen molar-refractivity contribution in [1.82, 2.24) is 5.32 Å². The van der Waals surface area contributed by atoms with E-state index in [1.54, 1.807) is 5.32 Å². The zero-order chi connectivity index (χ0) is 13.9. The van der Waals surface area contributed by atoms with Crippen LogP contribution in [0.4, 0.5) is 13.2 Å². The number of nitrogens with one attached hydrogen (secondary N) is 1. The van der Waals surface area contributed by atoms with E-state index in [0.717, 1.165) is 0 Å². The van der Waals surface area contributed by atoms with E-state index in [-0.39, 0.29) is 12.1 Å². The molecule has 0 aromatic heterocycles. The van der Waals surface area contributed by atoms with Crippen LogP contribution in [0.25, 0.3) is 0 Å². The maximum Gasteiger partial charge on any atom is 0.328 e. The summed E-state index contributed by atoms with van der Waals surface area (Å²) in [6.07, 6.45) is 0. The highest BCUT2D eigenvalue weighted by Gasteiger charge is 2.24. The summed E-state index contributed by atoms with van der Waals surface area (Å²) in [5.74, 6) is -7.11. The van der Waals surface area contributed by atoms with Gasteiger partial charge in [-0.05, 0) is 0 Å². The van der Waals surface area contributed by atoms with E-state index in [9.17, 15) is 22.8 Å². The second kappa shape index (κ2) is 5.50. The third-order valence-electron chi connectivity index (χ3n) is 2.02. The molecule has 0 saturated carbocycles. The number of hydrogen-bond donors (Lipinski definition) is 3. The highest BCUT2D eigenvalue weighted by molar-refractivity contribution is 5.97. The van der Waals surface area contributed by atoms with E-state index in [2.05, 4.69) is 0 Å². The van der Waals surface area contributed by atoms with Gasteiger partial charge in [0.2, 0.25) is 0 Å². The number of benzene rings is 1. The van der Waals surface area contributed by atoms with Crippen molar-refractivity contribution in [2.24, 2.45) is 0 Å². The van der Waals surface area contributed by atoms with Gasteiger partial charge in [-0.2, -0.15) is 0 Å². The van der Waals surface area contributed by atoms with Crippen LogP contribution in [0.15, 0.2) is 12.1 Å². The van der Waals surface area contributed by atoms with Gasteiger partial charge < -0.3 is 15.5 Å². The van der Waals surface area contributed by atoms with E-state index in [4.69, 9.17) is 10.2 Å². The first kappa shape index (κ1) is 14.0. The molecule has 0 bridgehead atoms. The summed E-state index contributed by atoms with van der Waals surface area (Å²) >= 11 is 0. The van der Waals surface area contributed by atoms with Crippen LogP contribution in [0.2, 0.25) is 0 Å². The van der Waals surface area contributed by atoms with Crippen molar-refractivity contribution >= 4 is 11.9 Å². The molecule has 0 unspecified atom stereocenters. The Morgan fingerprint density at radius 1 is 1.22 bits per heavy atom. The molecular formula is C10H8F3NO4. The Morgan fingerprint density at radius 2 is 1.72 bits per heavy atom. The number of halogens is 3. The molecule has 0 heterocycles. The summed E-state index contributed by atoms with van der Waals surface area (Å²) in [6, 6.07) is -1.14. The smallest absolute Gasteiger partial charge is 0.328 e. The lowest BCUT2D eigenvalue weighted by atomic mass is 10.1. The molecule has 1 atom stereocenters. The first-order valence-electron chi connectivity index (χ1n) is 4.66. The normalized spacial score (nSPS) is 12.0. The van der Waals surface area contributed by atoms with Gasteiger partial charge in [-0.3, -0.25) is 4.79 Å². The summed E-state index contributed by atoms with van der Waals surface area (Å²) in [7, 11) is 0. The lowest BCUT2D eigenvalue weighted by Crippen LogP contribution is -2.43. The van der Waals surface area contributed by atoms with Gasteiger partial charge in [0.25, 0.3) is 5.91 Å². The molecule has 0 fully saturated rings. The molecule has 0 aliphatic heterocycles. The predicted octanol–water partition coefficient (Wildman–Crippen LogP) is 0.279. The number of amides is 1. The minimum Gasteiger partial charge on any atom is -0.480 e. The lowest BCUT2D eigenvalue weighted by molar-refractivity contribution is -0.140. The molecule has 0 aliphatic carbocycles. The van der Waals surface area contributed by atoms with Gasteiger partial charge in [0.15, 0.2) is 6.04 Å². The number of hydrogen-bond acceptors (Lipinski definition) is 3. The van der Waals surface area contributed by atoms with Crippen molar-refractivity contribution in [3.63, 3.8) is 0 Å². The third-order valence-corrected chi connectivity index (χ3v) is 2.02. The standard InChI is InChI=1S/C10H8F3NO4/c11-4-1-5(12)8(6(13)2-4)9(16)14-7(3-15)10(17)18/h1-2,7,15H,3H2,(H,14,16)(H,17,18)/t7-/m1/s1. The molecule has 5 nitrogen and oxygen atoms in total. The number of carboxylic acids is 1. The first-order valence-corrected chi connectivity index (χ1v) is 4.66. The Morgan fingerprint density at radius 3 is 2.11 bits per heavy atom. The number of aliphatic carboxylic acids is 1. The molecule has 3 N–H and O–H groups in total. The molecule has 0 spiro atoms. The molecule has 18 heavy (non-hydrogen) atoms. The Kier molecular flexibility index (Phi) is 4.27. The number of carbonyl (C=O) groups excluding carboxylic acids is 1. The highest BCUT2D eigenvalue weighted by atomic mass is 19.1. The second-order valence-corrected chi connectivity index (χ2v) is 3.29. The van der Waals surface area contributed by atoms with Crippen LogP contribution in [0, 0.1) is 17.5 Å². The van der Waals surface area contributed by atoms with Crippen molar-refractivity contribution in [3.8, 4) is 0 Å².